The lowest BCUT2D eigenvalue weighted by molar-refractivity contribution is -0.128. The number of fused-ring (bicyclic) bond motifs is 1. The zero-order valence-corrected chi connectivity index (χ0v) is 14.2. The summed E-state index contributed by atoms with van der Waals surface area (Å²) in [6.07, 6.45) is 10.4. The number of benzene rings is 1. The summed E-state index contributed by atoms with van der Waals surface area (Å²) in [6.45, 7) is 4.24. The average Bonchev–Trinajstić information content (AvgIpc) is 2.94. The van der Waals surface area contributed by atoms with Crippen molar-refractivity contribution in [1.29, 1.82) is 0 Å². The molecule has 6 heteroatoms. The average molecular weight is 349 g/mol. The summed E-state index contributed by atoms with van der Waals surface area (Å²) in [5.41, 5.74) is 1.71. The molecule has 1 fully saturated rings. The molecule has 0 radical (unpaired) electrons. The Bertz CT molecular complexity index is 978. The number of terminal acetylenes is 1. The predicted molar refractivity (Wildman–Crippen MR) is 101 cm³/mol. The second kappa shape index (κ2) is 6.75. The van der Waals surface area contributed by atoms with Gasteiger partial charge in [0.2, 0.25) is 0 Å². The van der Waals surface area contributed by atoms with Crippen LogP contribution >= 0.6 is 12.2 Å². The fraction of sp³-hybridized carbons (Fsp3) is 0.105. The van der Waals surface area contributed by atoms with E-state index in [1.165, 1.54) is 4.90 Å². The number of hydrogen-bond acceptors (Lipinski definition) is 3. The first-order valence-corrected chi connectivity index (χ1v) is 7.98. The van der Waals surface area contributed by atoms with Crippen LogP contribution < -0.4 is 5.32 Å². The Labute approximate surface area is 150 Å². The van der Waals surface area contributed by atoms with Crippen LogP contribution in [0.25, 0.3) is 17.0 Å². The molecule has 1 N–H and O–H groups in total. The number of amides is 2. The van der Waals surface area contributed by atoms with E-state index < -0.39 is 11.8 Å². The number of carbonyl (C=O) groups is 2. The SMILES string of the molecule is C#CCn1cc(/C=C2\C(=O)NC(=S)N(CC=C)C2=O)c2ccccc21. The van der Waals surface area contributed by atoms with Gasteiger partial charge in [-0.3, -0.25) is 19.8 Å². The van der Waals surface area contributed by atoms with E-state index in [2.05, 4.69) is 17.8 Å². The first kappa shape index (κ1) is 16.7. The van der Waals surface area contributed by atoms with E-state index in [1.807, 2.05) is 35.0 Å². The molecular weight excluding hydrogens is 334 g/mol. The summed E-state index contributed by atoms with van der Waals surface area (Å²) < 4.78 is 1.90. The van der Waals surface area contributed by atoms with Gasteiger partial charge in [0.1, 0.15) is 5.57 Å². The Balaban J connectivity index is 2.10. The van der Waals surface area contributed by atoms with E-state index >= 15 is 0 Å². The van der Waals surface area contributed by atoms with E-state index in [0.717, 1.165) is 16.5 Å². The standard InChI is InChI=1S/C19H15N3O2S/c1-3-9-21-12-13(14-7-5-6-8-16(14)21)11-15-17(23)20-19(25)22(10-4-2)18(15)24/h1,4-8,11-12H,2,9-10H2,(H,20,23,25)/b15-11+. The largest absolute Gasteiger partial charge is 0.335 e. The maximum atomic E-state index is 12.6. The molecule has 124 valence electrons. The number of rotatable bonds is 4. The van der Waals surface area contributed by atoms with Gasteiger partial charge in [0.25, 0.3) is 11.8 Å². The third-order valence-corrected chi connectivity index (χ3v) is 4.20. The Hall–Kier alpha value is -3.17. The quantitative estimate of drug-likeness (QED) is 0.302. The fourth-order valence-corrected chi connectivity index (χ4v) is 3.01. The number of aromatic nitrogens is 1. The Kier molecular flexibility index (Phi) is 4.50. The highest BCUT2D eigenvalue weighted by molar-refractivity contribution is 7.80. The summed E-state index contributed by atoms with van der Waals surface area (Å²) in [5.74, 6) is 1.65. The topological polar surface area (TPSA) is 54.3 Å². The predicted octanol–water partition coefficient (Wildman–Crippen LogP) is 2.09. The van der Waals surface area contributed by atoms with E-state index in [9.17, 15) is 9.59 Å². The van der Waals surface area contributed by atoms with Crippen molar-refractivity contribution in [1.82, 2.24) is 14.8 Å². The molecule has 3 rings (SSSR count). The number of carbonyl (C=O) groups excluding carboxylic acids is 2. The van der Waals surface area contributed by atoms with Crippen LogP contribution in [0.1, 0.15) is 5.56 Å². The van der Waals surface area contributed by atoms with Crippen molar-refractivity contribution in [3.63, 3.8) is 0 Å². The van der Waals surface area contributed by atoms with E-state index in [0.29, 0.717) is 6.54 Å². The number of thiocarbonyl (C=S) groups is 1. The summed E-state index contributed by atoms with van der Waals surface area (Å²) in [6, 6.07) is 7.67. The molecule has 2 heterocycles. The molecule has 5 nitrogen and oxygen atoms in total. The van der Waals surface area contributed by atoms with Gasteiger partial charge in [-0.05, 0) is 24.4 Å². The van der Waals surface area contributed by atoms with Crippen LogP contribution in [-0.4, -0.2) is 32.9 Å². The second-order valence-corrected chi connectivity index (χ2v) is 5.84. The second-order valence-electron chi connectivity index (χ2n) is 5.46. The molecule has 1 aromatic carbocycles. The minimum Gasteiger partial charge on any atom is -0.335 e. The molecule has 0 aliphatic carbocycles. The van der Waals surface area contributed by atoms with Gasteiger partial charge in [0, 0.05) is 29.2 Å². The lowest BCUT2D eigenvalue weighted by atomic mass is 10.1. The number of para-hydroxylation sites is 1. The molecule has 1 aliphatic heterocycles. The Morgan fingerprint density at radius 3 is 2.80 bits per heavy atom. The summed E-state index contributed by atoms with van der Waals surface area (Å²) >= 11 is 5.05. The molecule has 0 atom stereocenters. The van der Waals surface area contributed by atoms with Gasteiger partial charge in [0.05, 0.1) is 6.54 Å². The smallest absolute Gasteiger partial charge is 0.265 e. The van der Waals surface area contributed by atoms with Gasteiger partial charge in [0.15, 0.2) is 5.11 Å². The highest BCUT2D eigenvalue weighted by Crippen LogP contribution is 2.24. The van der Waals surface area contributed by atoms with Crippen LogP contribution in [0.2, 0.25) is 0 Å². The van der Waals surface area contributed by atoms with E-state index in [4.69, 9.17) is 18.6 Å². The van der Waals surface area contributed by atoms with Gasteiger partial charge >= 0.3 is 0 Å². The molecule has 1 aliphatic rings. The van der Waals surface area contributed by atoms with Crippen LogP contribution in [0.3, 0.4) is 0 Å². The Morgan fingerprint density at radius 1 is 1.32 bits per heavy atom. The number of nitrogens with one attached hydrogen (secondary N) is 1. The van der Waals surface area contributed by atoms with Crippen LogP contribution in [-0.2, 0) is 16.1 Å². The Morgan fingerprint density at radius 2 is 2.08 bits per heavy atom. The van der Waals surface area contributed by atoms with Gasteiger partial charge in [-0.2, -0.15) is 0 Å². The van der Waals surface area contributed by atoms with E-state index in [-0.39, 0.29) is 17.2 Å². The summed E-state index contributed by atoms with van der Waals surface area (Å²) in [4.78, 5) is 26.2. The van der Waals surface area contributed by atoms with Gasteiger partial charge in [-0.25, -0.2) is 0 Å². The molecule has 2 amide bonds. The summed E-state index contributed by atoms with van der Waals surface area (Å²) in [5, 5.41) is 3.53. The molecule has 25 heavy (non-hydrogen) atoms. The van der Waals surface area contributed by atoms with E-state index in [1.54, 1.807) is 12.2 Å². The number of hydrogen-bond donors (Lipinski definition) is 1. The van der Waals surface area contributed by atoms with Crippen molar-refractivity contribution in [2.45, 2.75) is 6.54 Å². The van der Waals surface area contributed by atoms with Crippen LogP contribution in [0.15, 0.2) is 48.7 Å². The van der Waals surface area contributed by atoms with Crippen LogP contribution in [0.4, 0.5) is 0 Å². The third-order valence-electron chi connectivity index (χ3n) is 3.88. The van der Waals surface area contributed by atoms with Crippen molar-refractivity contribution < 1.29 is 9.59 Å². The van der Waals surface area contributed by atoms with Crippen molar-refractivity contribution in [3.05, 3.63) is 54.3 Å². The van der Waals surface area contributed by atoms with Gasteiger partial charge < -0.3 is 4.57 Å². The third kappa shape index (κ3) is 2.97. The van der Waals surface area contributed by atoms with Crippen LogP contribution in [0, 0.1) is 12.3 Å². The monoisotopic (exact) mass is 349 g/mol. The molecule has 1 saturated heterocycles. The van der Waals surface area contributed by atoms with Crippen LogP contribution in [0.5, 0.6) is 0 Å². The molecular formula is C19H15N3O2S. The van der Waals surface area contributed by atoms with Crippen molar-refractivity contribution in [2.75, 3.05) is 6.54 Å². The molecule has 0 saturated carbocycles. The highest BCUT2D eigenvalue weighted by Gasteiger charge is 2.32. The van der Waals surface area contributed by atoms with Crippen molar-refractivity contribution >= 4 is 46.1 Å². The summed E-state index contributed by atoms with van der Waals surface area (Å²) in [7, 11) is 0. The van der Waals surface area contributed by atoms with Gasteiger partial charge in [-0.15, -0.1) is 13.0 Å². The zero-order valence-electron chi connectivity index (χ0n) is 13.4. The normalized spacial score (nSPS) is 16.2. The first-order chi connectivity index (χ1) is 12.1. The lowest BCUT2D eigenvalue weighted by Crippen LogP contribution is -2.53. The van der Waals surface area contributed by atoms with Crippen molar-refractivity contribution in [2.24, 2.45) is 0 Å². The molecule has 0 bridgehead atoms. The minimum absolute atomic E-state index is 0.0269. The zero-order chi connectivity index (χ0) is 18.0. The maximum Gasteiger partial charge on any atom is 0.265 e. The maximum absolute atomic E-state index is 12.6. The number of nitrogens with zero attached hydrogens (tertiary/aromatic N) is 2. The fourth-order valence-electron chi connectivity index (χ4n) is 2.76. The van der Waals surface area contributed by atoms with Gasteiger partial charge in [-0.1, -0.05) is 30.2 Å². The lowest BCUT2D eigenvalue weighted by Gasteiger charge is -2.27. The molecule has 0 unspecified atom stereocenters. The van der Waals surface area contributed by atoms with Crippen molar-refractivity contribution in [3.8, 4) is 12.3 Å². The minimum atomic E-state index is -0.510. The molecule has 1 aromatic heterocycles. The first-order valence-electron chi connectivity index (χ1n) is 7.58. The highest BCUT2D eigenvalue weighted by atomic mass is 32.1. The molecule has 0 spiro atoms. The molecule has 2 aromatic rings.